The van der Waals surface area contributed by atoms with Crippen molar-refractivity contribution >= 4 is 96.1 Å². The molecule has 0 atom stereocenters. The van der Waals surface area contributed by atoms with Crippen LogP contribution in [0, 0.1) is 0 Å². The minimum Gasteiger partial charge on any atom is -0.411 e. The van der Waals surface area contributed by atoms with Crippen LogP contribution in [-0.4, -0.2) is 83.4 Å². The summed E-state index contributed by atoms with van der Waals surface area (Å²) < 4.78 is 1.09. The Bertz CT molecular complexity index is 169. The Labute approximate surface area is 145 Å². The van der Waals surface area contributed by atoms with Crippen LogP contribution < -0.4 is 0 Å². The molecule has 0 unspecified atom stereocenters. The summed E-state index contributed by atoms with van der Waals surface area (Å²) in [7, 11) is 3.77. The Morgan fingerprint density at radius 2 is 1.13 bits per heavy atom. The summed E-state index contributed by atoms with van der Waals surface area (Å²) in [4.78, 5) is 3.68. The molecular weight excluding hydrogens is 292 g/mol. The predicted octanol–water partition coefficient (Wildman–Crippen LogP) is 1.16. The van der Waals surface area contributed by atoms with Gasteiger partial charge in [-0.15, -0.1) is 0 Å². The van der Waals surface area contributed by atoms with Crippen molar-refractivity contribution in [1.82, 2.24) is 9.80 Å². The van der Waals surface area contributed by atoms with Crippen molar-refractivity contribution in [3.63, 3.8) is 0 Å². The van der Waals surface area contributed by atoms with E-state index in [-0.39, 0.29) is 37.7 Å². The topological polar surface area (TPSA) is 6.48 Å². The Hall–Kier alpha value is 1.48. The fourth-order valence-corrected chi connectivity index (χ4v) is 0.775. The van der Waals surface area contributed by atoms with Crippen molar-refractivity contribution < 1.29 is 0 Å². The third kappa shape index (κ3) is 15.5. The average molecular weight is 309 g/mol. The molecule has 0 spiro atoms. The maximum absolute atomic E-state index is 4.66. The summed E-state index contributed by atoms with van der Waals surface area (Å²) in [6, 6.07) is 0. The Morgan fingerprint density at radius 3 is 1.13 bits per heavy atom. The molecule has 0 amide bonds. The molecule has 0 fully saturated rings. The van der Waals surface area contributed by atoms with Crippen molar-refractivity contribution in [2.45, 2.75) is 13.8 Å². The minimum absolute atomic E-state index is 0. The van der Waals surface area contributed by atoms with Crippen LogP contribution in [0.25, 0.3) is 0 Å². The van der Waals surface area contributed by atoms with Crippen molar-refractivity contribution in [1.29, 1.82) is 0 Å². The number of hydrogen-bond donors (Lipinski definition) is 0. The van der Waals surface area contributed by atoms with Gasteiger partial charge in [-0.1, -0.05) is 8.64 Å². The van der Waals surface area contributed by atoms with Crippen LogP contribution in [0.5, 0.6) is 0 Å². The van der Waals surface area contributed by atoms with Crippen molar-refractivity contribution in [3.05, 3.63) is 0 Å². The van der Waals surface area contributed by atoms with Gasteiger partial charge in [-0.3, -0.25) is 0 Å². The van der Waals surface area contributed by atoms with E-state index in [0.29, 0.717) is 8.64 Å². The molecule has 0 heterocycles. The van der Waals surface area contributed by atoms with E-state index in [1.165, 1.54) is 0 Å². The van der Waals surface area contributed by atoms with E-state index < -0.39 is 0 Å². The van der Waals surface area contributed by atoms with Gasteiger partial charge in [0.05, 0.1) is 0 Å². The Morgan fingerprint density at radius 1 is 0.933 bits per heavy atom. The van der Waals surface area contributed by atoms with Gasteiger partial charge in [-0.25, -0.2) is 0 Å². The number of nitrogens with zero attached hydrogens (tertiary/aromatic N) is 2. The summed E-state index contributed by atoms with van der Waals surface area (Å²) in [6.45, 7) is 5.84. The molecule has 0 aromatic rings. The van der Waals surface area contributed by atoms with Crippen LogP contribution in [0.2, 0.25) is 0 Å². The monoisotopic (exact) mass is 308 g/mol. The van der Waals surface area contributed by atoms with Crippen molar-refractivity contribution in [2.24, 2.45) is 0 Å². The summed E-state index contributed by atoms with van der Waals surface area (Å²) in [5.74, 6) is 0. The maximum atomic E-state index is 4.66. The summed E-state index contributed by atoms with van der Waals surface area (Å²) in [5.41, 5.74) is 0. The Kier molecular flexibility index (Phi) is 19.6. The van der Waals surface area contributed by atoms with E-state index in [4.69, 9.17) is 0 Å². The molecule has 0 bridgehead atoms. The van der Waals surface area contributed by atoms with E-state index in [1.807, 2.05) is 37.7 Å². The number of rotatable bonds is 2. The normalized spacial score (nSPS) is 7.73. The fourth-order valence-electron chi connectivity index (χ4n) is 0.258. The van der Waals surface area contributed by atoms with Crippen LogP contribution in [0.1, 0.15) is 13.8 Å². The smallest absolute Gasteiger partial charge is 0.411 e. The first-order valence-electron chi connectivity index (χ1n) is 4.20. The zero-order valence-electron chi connectivity index (χ0n) is 9.65. The first-order chi connectivity index (χ1) is 6.36. The number of hydrogen-bond acceptors (Lipinski definition) is 4. The second-order valence-corrected chi connectivity index (χ2v) is 4.62. The molecule has 0 saturated carbocycles. The molecule has 0 aromatic heterocycles. The van der Waals surface area contributed by atoms with E-state index in [0.717, 1.165) is 13.1 Å². The Balaban J connectivity index is -0.000000180. The molecule has 0 rings (SSSR count). The average Bonchev–Trinajstić information content (AvgIpc) is 2.15. The van der Waals surface area contributed by atoms with Gasteiger partial charge in [0.1, 0.15) is 0 Å². The third-order valence-electron chi connectivity index (χ3n) is 1.57. The van der Waals surface area contributed by atoms with Gasteiger partial charge in [-0.2, -0.15) is 0 Å². The summed E-state index contributed by atoms with van der Waals surface area (Å²) in [5, 5.41) is 0. The second kappa shape index (κ2) is 13.5. The van der Waals surface area contributed by atoms with Crippen LogP contribution >= 0.6 is 24.4 Å². The van der Waals surface area contributed by atoms with Gasteiger partial charge in [0, 0.05) is 27.2 Å². The van der Waals surface area contributed by atoms with E-state index in [2.05, 4.69) is 49.7 Å². The van der Waals surface area contributed by atoms with Gasteiger partial charge in [0.25, 0.3) is 0 Å². The van der Waals surface area contributed by atoms with Crippen molar-refractivity contribution in [3.8, 4) is 0 Å². The summed E-state index contributed by atoms with van der Waals surface area (Å²) >= 11 is 18.6. The van der Waals surface area contributed by atoms with Crippen LogP contribution in [-0.2, 0) is 25.3 Å². The molecule has 0 aliphatic rings. The molecular formula is C8H16CaN2S4. The molecule has 7 heteroatoms. The van der Waals surface area contributed by atoms with Crippen LogP contribution in [0.4, 0.5) is 0 Å². The number of thiocarbonyl (C=S) groups is 2. The van der Waals surface area contributed by atoms with Crippen LogP contribution in [0.3, 0.4) is 0 Å². The summed E-state index contributed by atoms with van der Waals surface area (Å²) in [6.07, 6.45) is 0. The first kappa shape index (κ1) is 21.7. The quantitative estimate of drug-likeness (QED) is 0.426. The molecule has 2 nitrogen and oxygen atoms in total. The zero-order chi connectivity index (χ0) is 11.7. The van der Waals surface area contributed by atoms with Crippen LogP contribution in [0.15, 0.2) is 0 Å². The standard InChI is InChI=1S/2C4H9NS2.Ca/c2*1-3-5(2)4(6)7;/h2*3H2,1-2H3,(H,6,7);/q;;+2/p-2. The molecule has 0 aliphatic heterocycles. The predicted molar refractivity (Wildman–Crippen MR) is 82.3 cm³/mol. The molecule has 0 saturated heterocycles. The molecule has 0 N–H and O–H groups in total. The van der Waals surface area contributed by atoms with E-state index in [1.54, 1.807) is 0 Å². The van der Waals surface area contributed by atoms with Gasteiger partial charge < -0.3 is 59.5 Å². The van der Waals surface area contributed by atoms with Gasteiger partial charge in [0.15, 0.2) is 0 Å². The van der Waals surface area contributed by atoms with E-state index in [9.17, 15) is 0 Å². The third-order valence-corrected chi connectivity index (χ3v) is 2.82. The molecule has 0 aromatic carbocycles. The van der Waals surface area contributed by atoms with E-state index >= 15 is 0 Å². The largest absolute Gasteiger partial charge is 2.00 e. The second-order valence-electron chi connectivity index (χ2n) is 2.56. The van der Waals surface area contributed by atoms with Gasteiger partial charge in [0.2, 0.25) is 0 Å². The van der Waals surface area contributed by atoms with Crippen molar-refractivity contribution in [2.75, 3.05) is 27.2 Å². The van der Waals surface area contributed by atoms with Gasteiger partial charge >= 0.3 is 37.7 Å². The van der Waals surface area contributed by atoms with Gasteiger partial charge in [-0.05, 0) is 13.8 Å². The first-order valence-corrected chi connectivity index (χ1v) is 5.84. The molecule has 15 heavy (non-hydrogen) atoms. The SMILES string of the molecule is CCN(C)C(=S)[S-].CCN(C)C(=S)[S-].[Ca+2]. The minimum atomic E-state index is 0. The molecule has 84 valence electrons. The molecule has 0 radical (unpaired) electrons. The zero-order valence-corrected chi connectivity index (χ0v) is 15.1. The maximum Gasteiger partial charge on any atom is 2.00 e. The fraction of sp³-hybridized carbons (Fsp3) is 0.750. The molecule has 0 aliphatic carbocycles.